The van der Waals surface area contributed by atoms with E-state index in [2.05, 4.69) is 10.1 Å². The van der Waals surface area contributed by atoms with Crippen LogP contribution in [0.4, 0.5) is 13.2 Å². The number of aliphatic hydroxyl groups excluding tert-OH is 1. The lowest BCUT2D eigenvalue weighted by atomic mass is 10.1. The summed E-state index contributed by atoms with van der Waals surface area (Å²) in [5.74, 6) is -1.04. The van der Waals surface area contributed by atoms with Crippen LogP contribution in [0.5, 0.6) is 5.75 Å². The molecular weight excluding hydrogens is 311 g/mol. The van der Waals surface area contributed by atoms with Crippen molar-refractivity contribution in [1.82, 2.24) is 5.32 Å². The molecule has 1 amide bonds. The Hall–Kier alpha value is -1.76. The number of ether oxygens (including phenoxy) is 1. The first-order valence-corrected chi connectivity index (χ1v) is 7.61. The maximum atomic E-state index is 12.4. The van der Waals surface area contributed by atoms with Crippen molar-refractivity contribution in [3.8, 4) is 5.75 Å². The van der Waals surface area contributed by atoms with Crippen molar-refractivity contribution in [2.75, 3.05) is 6.61 Å². The summed E-state index contributed by atoms with van der Waals surface area (Å²) < 4.78 is 41.4. The second-order valence-electron chi connectivity index (χ2n) is 5.66. The number of nitrogens with one attached hydrogen (secondary N) is 1. The van der Waals surface area contributed by atoms with Crippen LogP contribution in [0.25, 0.3) is 0 Å². The molecule has 0 aliphatic heterocycles. The highest BCUT2D eigenvalue weighted by Crippen LogP contribution is 2.51. The van der Waals surface area contributed by atoms with Gasteiger partial charge in [-0.15, -0.1) is 13.2 Å². The van der Waals surface area contributed by atoms with Gasteiger partial charge in [-0.1, -0.05) is 25.1 Å². The highest BCUT2D eigenvalue weighted by Gasteiger charge is 2.46. The SMILES string of the molecule is CCC(CCO)NC(=O)C1CC1c1ccccc1OC(F)(F)F. The Morgan fingerprint density at radius 2 is 2.13 bits per heavy atom. The number of carbonyl (C=O) groups excluding carboxylic acids is 1. The van der Waals surface area contributed by atoms with Gasteiger partial charge >= 0.3 is 6.36 Å². The molecule has 0 saturated heterocycles. The van der Waals surface area contributed by atoms with Gasteiger partial charge in [-0.3, -0.25) is 4.79 Å². The third-order valence-corrected chi connectivity index (χ3v) is 3.99. The van der Waals surface area contributed by atoms with Crippen LogP contribution in [-0.2, 0) is 4.79 Å². The lowest BCUT2D eigenvalue weighted by Gasteiger charge is -2.16. The van der Waals surface area contributed by atoms with Crippen molar-refractivity contribution < 1.29 is 27.8 Å². The molecule has 3 unspecified atom stereocenters. The number of amides is 1. The largest absolute Gasteiger partial charge is 0.573 e. The van der Waals surface area contributed by atoms with Crippen LogP contribution in [0.1, 0.15) is 37.7 Å². The Morgan fingerprint density at radius 3 is 2.74 bits per heavy atom. The number of carbonyl (C=O) groups is 1. The van der Waals surface area contributed by atoms with Gasteiger partial charge in [0, 0.05) is 18.6 Å². The first-order chi connectivity index (χ1) is 10.9. The second kappa shape index (κ2) is 7.21. The minimum atomic E-state index is -4.75. The number of benzene rings is 1. The predicted molar refractivity (Wildman–Crippen MR) is 77.9 cm³/mol. The third-order valence-electron chi connectivity index (χ3n) is 3.99. The van der Waals surface area contributed by atoms with Crippen molar-refractivity contribution in [3.63, 3.8) is 0 Å². The van der Waals surface area contributed by atoms with E-state index in [4.69, 9.17) is 5.11 Å². The molecule has 1 aromatic carbocycles. The van der Waals surface area contributed by atoms with Crippen molar-refractivity contribution in [3.05, 3.63) is 29.8 Å². The maximum Gasteiger partial charge on any atom is 0.573 e. The fourth-order valence-electron chi connectivity index (χ4n) is 2.68. The van der Waals surface area contributed by atoms with Crippen LogP contribution in [0.2, 0.25) is 0 Å². The molecule has 0 heterocycles. The Bertz CT molecular complexity index is 548. The first kappa shape index (κ1) is 17.6. The van der Waals surface area contributed by atoms with E-state index in [1.807, 2.05) is 6.92 Å². The van der Waals surface area contributed by atoms with Crippen molar-refractivity contribution in [1.29, 1.82) is 0 Å². The zero-order chi connectivity index (χ0) is 17.0. The molecule has 0 radical (unpaired) electrons. The van der Waals surface area contributed by atoms with Crippen molar-refractivity contribution >= 4 is 5.91 Å². The van der Waals surface area contributed by atoms with E-state index in [0.29, 0.717) is 24.8 Å². The van der Waals surface area contributed by atoms with E-state index >= 15 is 0 Å². The number of hydrogen-bond acceptors (Lipinski definition) is 3. The number of aliphatic hydroxyl groups is 1. The minimum absolute atomic E-state index is 0.0187. The number of rotatable bonds is 7. The maximum absolute atomic E-state index is 12.4. The van der Waals surface area contributed by atoms with Gasteiger partial charge in [0.15, 0.2) is 0 Å². The average Bonchev–Trinajstić information content (AvgIpc) is 3.26. The summed E-state index contributed by atoms with van der Waals surface area (Å²) in [6.45, 7) is 1.88. The molecule has 128 valence electrons. The van der Waals surface area contributed by atoms with Gasteiger partial charge in [-0.2, -0.15) is 0 Å². The summed E-state index contributed by atoms with van der Waals surface area (Å²) in [6.07, 6.45) is -3.10. The predicted octanol–water partition coefficient (Wildman–Crippen LogP) is 2.97. The van der Waals surface area contributed by atoms with E-state index in [0.717, 1.165) is 0 Å². The van der Waals surface area contributed by atoms with Gasteiger partial charge in [0.1, 0.15) is 5.75 Å². The number of alkyl halides is 3. The van der Waals surface area contributed by atoms with Crippen LogP contribution in [0, 0.1) is 5.92 Å². The molecule has 3 atom stereocenters. The lowest BCUT2D eigenvalue weighted by molar-refractivity contribution is -0.274. The lowest BCUT2D eigenvalue weighted by Crippen LogP contribution is -2.36. The Balaban J connectivity index is 2.02. The van der Waals surface area contributed by atoms with Gasteiger partial charge in [0.25, 0.3) is 0 Å². The van der Waals surface area contributed by atoms with Crippen LogP contribution >= 0.6 is 0 Å². The quantitative estimate of drug-likeness (QED) is 0.808. The topological polar surface area (TPSA) is 58.6 Å². The van der Waals surface area contributed by atoms with E-state index in [9.17, 15) is 18.0 Å². The van der Waals surface area contributed by atoms with Crippen LogP contribution in [0.15, 0.2) is 24.3 Å². The molecule has 1 fully saturated rings. The van der Waals surface area contributed by atoms with Crippen LogP contribution in [-0.4, -0.2) is 30.0 Å². The molecule has 1 aliphatic rings. The van der Waals surface area contributed by atoms with Gasteiger partial charge in [-0.25, -0.2) is 0 Å². The monoisotopic (exact) mass is 331 g/mol. The number of hydrogen-bond donors (Lipinski definition) is 2. The summed E-state index contributed by atoms with van der Waals surface area (Å²) in [4.78, 5) is 12.2. The normalized spacial score (nSPS) is 21.6. The molecule has 0 aromatic heterocycles. The summed E-state index contributed by atoms with van der Waals surface area (Å²) in [5.41, 5.74) is 0.403. The molecule has 2 rings (SSSR count). The van der Waals surface area contributed by atoms with Gasteiger partial charge in [-0.05, 0) is 36.8 Å². The fraction of sp³-hybridized carbons (Fsp3) is 0.562. The van der Waals surface area contributed by atoms with E-state index in [-0.39, 0.29) is 36.1 Å². The van der Waals surface area contributed by atoms with Gasteiger partial charge < -0.3 is 15.2 Å². The summed E-state index contributed by atoms with van der Waals surface area (Å²) >= 11 is 0. The molecule has 0 spiro atoms. The van der Waals surface area contributed by atoms with E-state index in [1.54, 1.807) is 12.1 Å². The minimum Gasteiger partial charge on any atom is -0.405 e. The highest BCUT2D eigenvalue weighted by atomic mass is 19.4. The number of para-hydroxylation sites is 1. The van der Waals surface area contributed by atoms with Gasteiger partial charge in [0.2, 0.25) is 5.91 Å². The van der Waals surface area contributed by atoms with E-state index < -0.39 is 6.36 Å². The van der Waals surface area contributed by atoms with E-state index in [1.165, 1.54) is 12.1 Å². The highest BCUT2D eigenvalue weighted by molar-refractivity contribution is 5.83. The first-order valence-electron chi connectivity index (χ1n) is 7.61. The number of halogens is 3. The van der Waals surface area contributed by atoms with Crippen LogP contribution in [0.3, 0.4) is 0 Å². The molecule has 7 heteroatoms. The zero-order valence-electron chi connectivity index (χ0n) is 12.8. The summed E-state index contributed by atoms with van der Waals surface area (Å²) in [6, 6.07) is 5.80. The molecule has 2 N–H and O–H groups in total. The molecule has 23 heavy (non-hydrogen) atoms. The molecule has 0 bridgehead atoms. The van der Waals surface area contributed by atoms with Gasteiger partial charge in [0.05, 0.1) is 0 Å². The van der Waals surface area contributed by atoms with Crippen molar-refractivity contribution in [2.24, 2.45) is 5.92 Å². The Morgan fingerprint density at radius 1 is 1.43 bits per heavy atom. The van der Waals surface area contributed by atoms with Crippen LogP contribution < -0.4 is 10.1 Å². The standard InChI is InChI=1S/C16H20F3NO3/c1-2-10(7-8-21)20-15(22)13-9-12(13)11-5-3-4-6-14(11)23-16(17,18)19/h3-6,10,12-13,21H,2,7-9H2,1H3,(H,20,22). The average molecular weight is 331 g/mol. The molecule has 1 aliphatic carbocycles. The Kier molecular flexibility index (Phi) is 5.51. The van der Waals surface area contributed by atoms with Crippen molar-refractivity contribution in [2.45, 2.75) is 44.5 Å². The molecule has 1 saturated carbocycles. The zero-order valence-corrected chi connectivity index (χ0v) is 12.8. The molecular formula is C16H20F3NO3. The second-order valence-corrected chi connectivity index (χ2v) is 5.66. The fourth-order valence-corrected chi connectivity index (χ4v) is 2.68. The Labute approximate surface area is 132 Å². The summed E-state index contributed by atoms with van der Waals surface area (Å²) in [7, 11) is 0. The summed E-state index contributed by atoms with van der Waals surface area (Å²) in [5, 5.41) is 11.8. The third kappa shape index (κ3) is 4.86. The smallest absolute Gasteiger partial charge is 0.405 e. The molecule has 1 aromatic rings. The molecule has 4 nitrogen and oxygen atoms in total.